The molecule has 0 spiro atoms. The molecule has 2 aliphatic heterocycles. The standard InChI is InChI=1S/C12H24N2O/c1-10-4-5-14(8-10)12(7-13)11-3-2-6-15-9-11/h10-12H,2-9,13H2,1H3. The van der Waals surface area contributed by atoms with Crippen molar-refractivity contribution in [2.45, 2.75) is 32.2 Å². The Bertz CT molecular complexity index is 187. The van der Waals surface area contributed by atoms with Crippen LogP contribution in [0.3, 0.4) is 0 Å². The van der Waals surface area contributed by atoms with Gasteiger partial charge in [-0.25, -0.2) is 0 Å². The highest BCUT2D eigenvalue weighted by Crippen LogP contribution is 2.25. The van der Waals surface area contributed by atoms with Crippen molar-refractivity contribution in [3.8, 4) is 0 Å². The van der Waals surface area contributed by atoms with Gasteiger partial charge in [0.25, 0.3) is 0 Å². The largest absolute Gasteiger partial charge is 0.381 e. The van der Waals surface area contributed by atoms with E-state index in [9.17, 15) is 0 Å². The van der Waals surface area contributed by atoms with E-state index in [0.29, 0.717) is 12.0 Å². The maximum atomic E-state index is 5.93. The van der Waals surface area contributed by atoms with Crippen molar-refractivity contribution in [2.75, 3.05) is 32.8 Å². The van der Waals surface area contributed by atoms with E-state index in [1.54, 1.807) is 0 Å². The number of nitrogens with zero attached hydrogens (tertiary/aromatic N) is 1. The molecule has 2 saturated heterocycles. The molecule has 0 aliphatic carbocycles. The number of rotatable bonds is 3. The van der Waals surface area contributed by atoms with Gasteiger partial charge < -0.3 is 10.5 Å². The van der Waals surface area contributed by atoms with E-state index in [2.05, 4.69) is 11.8 Å². The number of hydrogen-bond donors (Lipinski definition) is 1. The van der Waals surface area contributed by atoms with Crippen molar-refractivity contribution >= 4 is 0 Å². The first-order valence-electron chi connectivity index (χ1n) is 6.33. The molecule has 2 heterocycles. The van der Waals surface area contributed by atoms with Crippen LogP contribution in [-0.2, 0) is 4.74 Å². The molecule has 3 heteroatoms. The molecule has 0 radical (unpaired) electrons. The SMILES string of the molecule is CC1CCN(C(CN)C2CCCOC2)C1. The Hall–Kier alpha value is -0.120. The van der Waals surface area contributed by atoms with E-state index in [-0.39, 0.29) is 0 Å². The summed E-state index contributed by atoms with van der Waals surface area (Å²) in [5, 5.41) is 0. The molecular weight excluding hydrogens is 188 g/mol. The third-order valence-corrected chi connectivity index (χ3v) is 3.91. The van der Waals surface area contributed by atoms with Gasteiger partial charge in [-0.3, -0.25) is 4.90 Å². The van der Waals surface area contributed by atoms with Crippen LogP contribution in [0.5, 0.6) is 0 Å². The highest BCUT2D eigenvalue weighted by atomic mass is 16.5. The Labute approximate surface area is 93.0 Å². The van der Waals surface area contributed by atoms with Gasteiger partial charge in [0.05, 0.1) is 6.61 Å². The van der Waals surface area contributed by atoms with Crippen LogP contribution < -0.4 is 5.73 Å². The molecule has 3 unspecified atom stereocenters. The predicted octanol–water partition coefficient (Wildman–Crippen LogP) is 1.08. The number of nitrogens with two attached hydrogens (primary N) is 1. The molecule has 2 rings (SSSR count). The quantitative estimate of drug-likeness (QED) is 0.761. The van der Waals surface area contributed by atoms with E-state index < -0.39 is 0 Å². The van der Waals surface area contributed by atoms with Crippen LogP contribution >= 0.6 is 0 Å². The molecule has 0 saturated carbocycles. The fraction of sp³-hybridized carbons (Fsp3) is 1.00. The summed E-state index contributed by atoms with van der Waals surface area (Å²) in [7, 11) is 0. The molecule has 0 bridgehead atoms. The molecule has 0 aromatic rings. The van der Waals surface area contributed by atoms with Gasteiger partial charge in [0.1, 0.15) is 0 Å². The van der Waals surface area contributed by atoms with Crippen LogP contribution in [0.25, 0.3) is 0 Å². The van der Waals surface area contributed by atoms with Gasteiger partial charge in [-0.15, -0.1) is 0 Å². The Morgan fingerprint density at radius 2 is 2.33 bits per heavy atom. The summed E-state index contributed by atoms with van der Waals surface area (Å²) in [6.07, 6.45) is 3.85. The minimum Gasteiger partial charge on any atom is -0.381 e. The van der Waals surface area contributed by atoms with Crippen molar-refractivity contribution in [2.24, 2.45) is 17.6 Å². The molecule has 3 atom stereocenters. The molecule has 15 heavy (non-hydrogen) atoms. The fourth-order valence-electron chi connectivity index (χ4n) is 2.98. The summed E-state index contributed by atoms with van der Waals surface area (Å²) >= 11 is 0. The van der Waals surface area contributed by atoms with Gasteiger partial charge in [-0.1, -0.05) is 6.92 Å². The van der Waals surface area contributed by atoms with Gasteiger partial charge >= 0.3 is 0 Å². The lowest BCUT2D eigenvalue weighted by molar-refractivity contribution is 0.0161. The third-order valence-electron chi connectivity index (χ3n) is 3.91. The summed E-state index contributed by atoms with van der Waals surface area (Å²) in [6, 6.07) is 0.565. The maximum absolute atomic E-state index is 5.93. The molecule has 0 amide bonds. The highest BCUT2D eigenvalue weighted by molar-refractivity contribution is 4.86. The first-order valence-corrected chi connectivity index (χ1v) is 6.33. The lowest BCUT2D eigenvalue weighted by Crippen LogP contribution is -2.47. The van der Waals surface area contributed by atoms with Gasteiger partial charge in [0.15, 0.2) is 0 Å². The van der Waals surface area contributed by atoms with E-state index in [1.165, 1.54) is 32.4 Å². The Morgan fingerprint density at radius 3 is 2.87 bits per heavy atom. The zero-order valence-electron chi connectivity index (χ0n) is 9.82. The van der Waals surface area contributed by atoms with Crippen LogP contribution in [0.15, 0.2) is 0 Å². The third kappa shape index (κ3) is 2.71. The lowest BCUT2D eigenvalue weighted by atomic mass is 9.92. The Morgan fingerprint density at radius 1 is 1.47 bits per heavy atom. The van der Waals surface area contributed by atoms with E-state index in [1.807, 2.05) is 0 Å². The maximum Gasteiger partial charge on any atom is 0.0509 e. The normalized spacial score (nSPS) is 35.6. The van der Waals surface area contributed by atoms with Crippen LogP contribution in [0.2, 0.25) is 0 Å². The van der Waals surface area contributed by atoms with Gasteiger partial charge in [-0.05, 0) is 37.6 Å². The van der Waals surface area contributed by atoms with Crippen molar-refractivity contribution in [1.82, 2.24) is 4.90 Å². The molecule has 2 fully saturated rings. The Balaban J connectivity index is 1.90. The molecular formula is C12H24N2O. The zero-order valence-corrected chi connectivity index (χ0v) is 9.82. The summed E-state index contributed by atoms with van der Waals surface area (Å²) < 4.78 is 5.57. The van der Waals surface area contributed by atoms with Crippen molar-refractivity contribution < 1.29 is 4.74 Å². The molecule has 3 nitrogen and oxygen atoms in total. The van der Waals surface area contributed by atoms with Crippen LogP contribution in [-0.4, -0.2) is 43.8 Å². The summed E-state index contributed by atoms with van der Waals surface area (Å²) in [5.41, 5.74) is 5.93. The topological polar surface area (TPSA) is 38.5 Å². The predicted molar refractivity (Wildman–Crippen MR) is 61.7 cm³/mol. The minimum atomic E-state index is 0.565. The lowest BCUT2D eigenvalue weighted by Gasteiger charge is -2.35. The van der Waals surface area contributed by atoms with E-state index in [4.69, 9.17) is 10.5 Å². The van der Waals surface area contributed by atoms with Gasteiger partial charge in [-0.2, -0.15) is 0 Å². The average molecular weight is 212 g/mol. The second-order valence-corrected chi connectivity index (χ2v) is 5.17. The summed E-state index contributed by atoms with van der Waals surface area (Å²) in [5.74, 6) is 1.53. The van der Waals surface area contributed by atoms with Crippen LogP contribution in [0, 0.1) is 11.8 Å². The fourth-order valence-corrected chi connectivity index (χ4v) is 2.98. The van der Waals surface area contributed by atoms with Crippen molar-refractivity contribution in [3.63, 3.8) is 0 Å². The highest BCUT2D eigenvalue weighted by Gasteiger charge is 2.31. The Kier molecular flexibility index (Phi) is 4.00. The van der Waals surface area contributed by atoms with E-state index >= 15 is 0 Å². The molecule has 0 aromatic heterocycles. The van der Waals surface area contributed by atoms with Gasteiger partial charge in [0.2, 0.25) is 0 Å². The monoisotopic (exact) mass is 212 g/mol. The minimum absolute atomic E-state index is 0.565. The first kappa shape index (κ1) is 11.4. The number of ether oxygens (including phenoxy) is 1. The summed E-state index contributed by atoms with van der Waals surface area (Å²) in [4.78, 5) is 2.59. The smallest absolute Gasteiger partial charge is 0.0509 e. The summed E-state index contributed by atoms with van der Waals surface area (Å²) in [6.45, 7) is 7.47. The van der Waals surface area contributed by atoms with Crippen LogP contribution in [0.4, 0.5) is 0 Å². The second kappa shape index (κ2) is 5.28. The molecule has 0 aromatic carbocycles. The molecule has 88 valence electrons. The first-order chi connectivity index (χ1) is 7.31. The number of likely N-dealkylation sites (tertiary alicyclic amines) is 1. The van der Waals surface area contributed by atoms with Gasteiger partial charge in [0, 0.05) is 25.7 Å². The second-order valence-electron chi connectivity index (χ2n) is 5.17. The van der Waals surface area contributed by atoms with E-state index in [0.717, 1.165) is 25.7 Å². The average Bonchev–Trinajstić information content (AvgIpc) is 2.68. The van der Waals surface area contributed by atoms with Crippen molar-refractivity contribution in [1.29, 1.82) is 0 Å². The molecule has 2 aliphatic rings. The van der Waals surface area contributed by atoms with Crippen LogP contribution in [0.1, 0.15) is 26.2 Å². The van der Waals surface area contributed by atoms with Crippen molar-refractivity contribution in [3.05, 3.63) is 0 Å². The zero-order chi connectivity index (χ0) is 10.7. The number of hydrogen-bond acceptors (Lipinski definition) is 3. The molecule has 2 N–H and O–H groups in total.